The molecule has 0 N–H and O–H groups in total. The van der Waals surface area contributed by atoms with Crippen LogP contribution in [0.25, 0.3) is 0 Å². The van der Waals surface area contributed by atoms with Crippen LogP contribution in [0.15, 0.2) is 0 Å². The molecule has 1 heterocycles. The van der Waals surface area contributed by atoms with Gasteiger partial charge in [-0.3, -0.25) is 9.59 Å². The quantitative estimate of drug-likeness (QED) is 0.501. The van der Waals surface area contributed by atoms with Gasteiger partial charge in [0.25, 0.3) is 0 Å². The molecule has 0 bridgehead atoms. The summed E-state index contributed by atoms with van der Waals surface area (Å²) in [4.78, 5) is 24.8. The molecule has 0 aromatic rings. The average molecular weight is 269 g/mol. The second-order valence-corrected chi connectivity index (χ2v) is 5.34. The number of carbonyl (C=O) groups excluding carboxylic acids is 2. The first-order valence-corrected chi connectivity index (χ1v) is 7.52. The molecular weight excluding hydrogens is 242 g/mol. The zero-order valence-corrected chi connectivity index (χ0v) is 12.3. The zero-order chi connectivity index (χ0) is 14.1. The lowest BCUT2D eigenvalue weighted by Crippen LogP contribution is -2.36. The fourth-order valence-electron chi connectivity index (χ4n) is 2.58. The number of nitrogens with zero attached hydrogens (tertiary/aromatic N) is 1. The maximum absolute atomic E-state index is 11.3. The van der Waals surface area contributed by atoms with E-state index >= 15 is 0 Å². The Balaban J connectivity index is 1.99. The molecule has 19 heavy (non-hydrogen) atoms. The summed E-state index contributed by atoms with van der Waals surface area (Å²) in [5.41, 5.74) is 0. The van der Waals surface area contributed by atoms with Crippen LogP contribution in [0, 0.1) is 5.92 Å². The summed E-state index contributed by atoms with van der Waals surface area (Å²) < 4.78 is 4.89. The average Bonchev–Trinajstić information content (AvgIpc) is 2.39. The Morgan fingerprint density at radius 3 is 2.42 bits per heavy atom. The highest BCUT2D eigenvalue weighted by Gasteiger charge is 2.21. The lowest BCUT2D eigenvalue weighted by molar-refractivity contribution is -0.143. The van der Waals surface area contributed by atoms with Crippen LogP contribution in [0.1, 0.15) is 52.4 Å². The van der Waals surface area contributed by atoms with Crippen LogP contribution in [0.5, 0.6) is 0 Å². The number of esters is 1. The van der Waals surface area contributed by atoms with E-state index in [4.69, 9.17) is 4.74 Å². The summed E-state index contributed by atoms with van der Waals surface area (Å²) in [6.07, 6.45) is 5.69. The second-order valence-electron chi connectivity index (χ2n) is 5.34. The van der Waals surface area contributed by atoms with E-state index in [1.54, 1.807) is 6.92 Å². The van der Waals surface area contributed by atoms with Crippen molar-refractivity contribution in [2.75, 3.05) is 26.2 Å². The van der Waals surface area contributed by atoms with Crippen molar-refractivity contribution in [1.82, 2.24) is 4.90 Å². The molecule has 0 aliphatic carbocycles. The van der Waals surface area contributed by atoms with Crippen molar-refractivity contribution in [3.05, 3.63) is 0 Å². The molecule has 110 valence electrons. The van der Waals surface area contributed by atoms with Crippen molar-refractivity contribution < 1.29 is 14.3 Å². The maximum Gasteiger partial charge on any atom is 0.305 e. The largest absolute Gasteiger partial charge is 0.466 e. The van der Waals surface area contributed by atoms with Crippen LogP contribution < -0.4 is 0 Å². The van der Waals surface area contributed by atoms with Crippen molar-refractivity contribution in [3.63, 3.8) is 0 Å². The maximum atomic E-state index is 11.3. The molecule has 0 spiro atoms. The lowest BCUT2D eigenvalue weighted by atomic mass is 9.93. The number of piperidine rings is 1. The van der Waals surface area contributed by atoms with E-state index in [2.05, 4.69) is 4.90 Å². The second kappa shape index (κ2) is 9.08. The Kier molecular flexibility index (Phi) is 7.72. The Morgan fingerprint density at radius 1 is 1.16 bits per heavy atom. The summed E-state index contributed by atoms with van der Waals surface area (Å²) in [7, 11) is 0. The van der Waals surface area contributed by atoms with Crippen LogP contribution in [0.2, 0.25) is 0 Å². The number of carbonyl (C=O) groups is 2. The number of hydrogen-bond donors (Lipinski definition) is 0. The highest BCUT2D eigenvalue weighted by atomic mass is 16.5. The Hall–Kier alpha value is -0.900. The van der Waals surface area contributed by atoms with E-state index in [-0.39, 0.29) is 5.97 Å². The van der Waals surface area contributed by atoms with Gasteiger partial charge >= 0.3 is 5.97 Å². The molecule has 1 saturated heterocycles. The van der Waals surface area contributed by atoms with Crippen molar-refractivity contribution in [3.8, 4) is 0 Å². The van der Waals surface area contributed by atoms with Gasteiger partial charge in [-0.25, -0.2) is 0 Å². The zero-order valence-electron chi connectivity index (χ0n) is 12.3. The van der Waals surface area contributed by atoms with Gasteiger partial charge in [-0.1, -0.05) is 6.42 Å². The van der Waals surface area contributed by atoms with E-state index in [0.29, 0.717) is 24.7 Å². The van der Waals surface area contributed by atoms with Crippen LogP contribution in [-0.4, -0.2) is 42.9 Å². The van der Waals surface area contributed by atoms with E-state index < -0.39 is 0 Å². The Labute approximate surface area is 116 Å². The van der Waals surface area contributed by atoms with Gasteiger partial charge in [0.1, 0.15) is 5.78 Å². The SMILES string of the molecule is CCOC(=O)CCCCCN1CCC(C(C)=O)CC1. The van der Waals surface area contributed by atoms with Crippen molar-refractivity contribution >= 4 is 11.8 Å². The highest BCUT2D eigenvalue weighted by Crippen LogP contribution is 2.18. The van der Waals surface area contributed by atoms with E-state index in [1.165, 1.54) is 0 Å². The number of unbranched alkanes of at least 4 members (excludes halogenated alkanes) is 2. The number of rotatable bonds is 8. The highest BCUT2D eigenvalue weighted by molar-refractivity contribution is 5.78. The molecule has 0 unspecified atom stereocenters. The van der Waals surface area contributed by atoms with E-state index in [0.717, 1.165) is 51.7 Å². The Morgan fingerprint density at radius 2 is 1.84 bits per heavy atom. The first kappa shape index (κ1) is 16.2. The van der Waals surface area contributed by atoms with Crippen molar-refractivity contribution in [1.29, 1.82) is 0 Å². The molecule has 1 fully saturated rings. The fraction of sp³-hybridized carbons (Fsp3) is 0.867. The minimum atomic E-state index is -0.0789. The van der Waals surface area contributed by atoms with Crippen LogP contribution >= 0.6 is 0 Å². The smallest absolute Gasteiger partial charge is 0.305 e. The van der Waals surface area contributed by atoms with Gasteiger partial charge in [0.15, 0.2) is 0 Å². The monoisotopic (exact) mass is 269 g/mol. The molecule has 0 aromatic heterocycles. The molecule has 1 aliphatic rings. The normalized spacial score (nSPS) is 17.4. The van der Waals surface area contributed by atoms with Crippen LogP contribution in [-0.2, 0) is 14.3 Å². The number of likely N-dealkylation sites (tertiary alicyclic amines) is 1. The van der Waals surface area contributed by atoms with E-state index in [9.17, 15) is 9.59 Å². The van der Waals surface area contributed by atoms with Crippen LogP contribution in [0.3, 0.4) is 0 Å². The van der Waals surface area contributed by atoms with Crippen LogP contribution in [0.4, 0.5) is 0 Å². The minimum Gasteiger partial charge on any atom is -0.466 e. The predicted molar refractivity (Wildman–Crippen MR) is 74.9 cm³/mol. The summed E-state index contributed by atoms with van der Waals surface area (Å²) in [5, 5.41) is 0. The molecule has 0 saturated carbocycles. The molecule has 0 aromatic carbocycles. The first-order valence-electron chi connectivity index (χ1n) is 7.52. The number of hydrogen-bond acceptors (Lipinski definition) is 4. The van der Waals surface area contributed by atoms with Crippen molar-refractivity contribution in [2.24, 2.45) is 5.92 Å². The number of ketones is 1. The van der Waals surface area contributed by atoms with Gasteiger partial charge in [0.05, 0.1) is 6.61 Å². The lowest BCUT2D eigenvalue weighted by Gasteiger charge is -2.30. The number of Topliss-reactive ketones (excluding diaryl/α,β-unsaturated/α-hetero) is 1. The molecule has 4 heteroatoms. The van der Waals surface area contributed by atoms with Gasteiger partial charge in [-0.15, -0.1) is 0 Å². The van der Waals surface area contributed by atoms with Gasteiger partial charge < -0.3 is 9.64 Å². The number of ether oxygens (including phenoxy) is 1. The summed E-state index contributed by atoms with van der Waals surface area (Å²) >= 11 is 0. The predicted octanol–water partition coefficient (Wildman–Crippen LogP) is 2.41. The molecular formula is C15H27NO3. The minimum absolute atomic E-state index is 0.0789. The first-order chi connectivity index (χ1) is 9.13. The van der Waals surface area contributed by atoms with E-state index in [1.807, 2.05) is 6.92 Å². The standard InChI is InChI=1S/C15H27NO3/c1-3-19-15(18)7-5-4-6-10-16-11-8-14(9-12-16)13(2)17/h14H,3-12H2,1-2H3. The third-order valence-corrected chi connectivity index (χ3v) is 3.82. The summed E-state index contributed by atoms with van der Waals surface area (Å²) in [6.45, 7) is 7.19. The molecule has 4 nitrogen and oxygen atoms in total. The summed E-state index contributed by atoms with van der Waals surface area (Å²) in [6, 6.07) is 0. The molecule has 1 aliphatic heterocycles. The van der Waals surface area contributed by atoms with Crippen molar-refractivity contribution in [2.45, 2.75) is 52.4 Å². The molecule has 0 radical (unpaired) electrons. The summed E-state index contributed by atoms with van der Waals surface area (Å²) in [5.74, 6) is 0.555. The molecule has 1 rings (SSSR count). The van der Waals surface area contributed by atoms with Gasteiger partial charge in [-0.05, 0) is 59.2 Å². The molecule has 0 amide bonds. The fourth-order valence-corrected chi connectivity index (χ4v) is 2.58. The van der Waals surface area contributed by atoms with Gasteiger partial charge in [0.2, 0.25) is 0 Å². The third kappa shape index (κ3) is 6.71. The van der Waals surface area contributed by atoms with Gasteiger partial charge in [-0.2, -0.15) is 0 Å². The Bertz CT molecular complexity index is 283. The topological polar surface area (TPSA) is 46.6 Å². The van der Waals surface area contributed by atoms with Gasteiger partial charge in [0, 0.05) is 12.3 Å². The molecule has 0 atom stereocenters. The third-order valence-electron chi connectivity index (χ3n) is 3.82.